The maximum atomic E-state index is 5.55. The van der Waals surface area contributed by atoms with Gasteiger partial charge >= 0.3 is 8.80 Å². The zero-order chi connectivity index (χ0) is 23.4. The van der Waals surface area contributed by atoms with Crippen LogP contribution in [0.4, 0.5) is 0 Å². The average Bonchev–Trinajstić information content (AvgIpc) is 2.77. The van der Waals surface area contributed by atoms with Gasteiger partial charge in [-0.05, 0) is 32.1 Å². The minimum atomic E-state index is -2.44. The van der Waals surface area contributed by atoms with Gasteiger partial charge in [-0.1, -0.05) is 120 Å². The highest BCUT2D eigenvalue weighted by molar-refractivity contribution is 9.10. The quantitative estimate of drug-likeness (QED) is 0.0796. The Morgan fingerprint density at radius 2 is 1.06 bits per heavy atom. The molecule has 0 aliphatic carbocycles. The summed E-state index contributed by atoms with van der Waals surface area (Å²) in [5.74, 6) is 0.675. The Labute approximate surface area is 211 Å². The van der Waals surface area contributed by atoms with E-state index in [1.165, 1.54) is 96.3 Å². The van der Waals surface area contributed by atoms with Gasteiger partial charge in [0.25, 0.3) is 0 Å². The second-order valence-corrected chi connectivity index (χ2v) is 14.6. The molecule has 0 aliphatic rings. The van der Waals surface area contributed by atoms with Gasteiger partial charge in [-0.25, -0.2) is 0 Å². The first-order valence-corrected chi connectivity index (χ1v) is 15.9. The number of halogens is 1. The standard InChI is InChI=1S/C26H55BrO3Si.H3N/c1-7-8-9-10-11-12-13-14-15-16-17-18-19-20-22-25(2)26(3,27)23-21-24-31(28-4,29-5)30-6;/h25H,7-24H2,1-6H3;1H3. The van der Waals surface area contributed by atoms with Crippen molar-refractivity contribution in [2.75, 3.05) is 21.3 Å². The van der Waals surface area contributed by atoms with E-state index in [4.69, 9.17) is 13.3 Å². The van der Waals surface area contributed by atoms with Crippen LogP contribution < -0.4 is 6.15 Å². The third-order valence-electron chi connectivity index (χ3n) is 7.10. The molecular weight excluding hydrogens is 482 g/mol. The molecule has 0 fully saturated rings. The van der Waals surface area contributed by atoms with E-state index in [1.54, 1.807) is 21.3 Å². The second-order valence-electron chi connectivity index (χ2n) is 9.71. The molecule has 196 valence electrons. The van der Waals surface area contributed by atoms with E-state index in [1.807, 2.05) is 0 Å². The first-order valence-electron chi connectivity index (χ1n) is 13.2. The van der Waals surface area contributed by atoms with E-state index in [2.05, 4.69) is 36.7 Å². The molecule has 2 atom stereocenters. The summed E-state index contributed by atoms with van der Waals surface area (Å²) in [4.78, 5) is 0. The van der Waals surface area contributed by atoms with Crippen molar-refractivity contribution in [3.8, 4) is 0 Å². The summed E-state index contributed by atoms with van der Waals surface area (Å²) in [5, 5.41) is 0. The molecule has 0 radical (unpaired) electrons. The molecule has 6 heteroatoms. The summed E-state index contributed by atoms with van der Waals surface area (Å²) < 4.78 is 16.8. The van der Waals surface area contributed by atoms with E-state index in [0.29, 0.717) is 5.92 Å². The molecule has 32 heavy (non-hydrogen) atoms. The lowest BCUT2D eigenvalue weighted by Gasteiger charge is -2.31. The molecule has 0 aromatic rings. The lowest BCUT2D eigenvalue weighted by atomic mass is 9.87. The average molecular weight is 541 g/mol. The maximum Gasteiger partial charge on any atom is 0.500 e. The van der Waals surface area contributed by atoms with Crippen molar-refractivity contribution < 1.29 is 13.3 Å². The van der Waals surface area contributed by atoms with Gasteiger partial charge in [-0.3, -0.25) is 0 Å². The lowest BCUT2D eigenvalue weighted by molar-refractivity contribution is 0.122. The van der Waals surface area contributed by atoms with Gasteiger partial charge in [0.05, 0.1) is 0 Å². The molecule has 3 N–H and O–H groups in total. The van der Waals surface area contributed by atoms with Crippen molar-refractivity contribution >= 4 is 24.7 Å². The molecule has 4 nitrogen and oxygen atoms in total. The van der Waals surface area contributed by atoms with Gasteiger partial charge < -0.3 is 19.4 Å². The summed E-state index contributed by atoms with van der Waals surface area (Å²) in [6, 6.07) is 0.878. The van der Waals surface area contributed by atoms with Crippen LogP contribution >= 0.6 is 15.9 Å². The van der Waals surface area contributed by atoms with E-state index in [0.717, 1.165) is 18.9 Å². The molecule has 2 unspecified atom stereocenters. The van der Waals surface area contributed by atoms with Gasteiger partial charge in [-0.2, -0.15) is 0 Å². The first-order chi connectivity index (χ1) is 14.9. The van der Waals surface area contributed by atoms with Crippen LogP contribution in [0, 0.1) is 5.92 Å². The molecule has 0 amide bonds. The molecule has 0 aromatic carbocycles. The molecule has 0 saturated heterocycles. The zero-order valence-corrected chi connectivity index (χ0v) is 25.2. The van der Waals surface area contributed by atoms with Crippen LogP contribution in [0.1, 0.15) is 130 Å². The normalized spacial score (nSPS) is 14.7. The summed E-state index contributed by atoms with van der Waals surface area (Å²) in [6.45, 7) is 7.03. The Balaban J connectivity index is 0. The molecular formula is C26H58BrNO3Si. The molecule has 0 aromatic heterocycles. The minimum Gasteiger partial charge on any atom is -0.377 e. The van der Waals surface area contributed by atoms with Crippen LogP contribution in [0.5, 0.6) is 0 Å². The number of rotatable bonds is 23. The van der Waals surface area contributed by atoms with Crippen LogP contribution in [0.15, 0.2) is 0 Å². The number of hydrogen-bond donors (Lipinski definition) is 1. The fourth-order valence-corrected chi connectivity index (χ4v) is 6.63. The van der Waals surface area contributed by atoms with Gasteiger partial charge in [-0.15, -0.1) is 0 Å². The van der Waals surface area contributed by atoms with Gasteiger partial charge in [0, 0.05) is 31.7 Å². The Hall–Kier alpha value is 0.537. The van der Waals surface area contributed by atoms with E-state index >= 15 is 0 Å². The molecule has 0 aliphatic heterocycles. The number of alkyl halides is 1. The molecule has 0 heterocycles. The maximum absolute atomic E-state index is 5.55. The second kappa shape index (κ2) is 22.0. The van der Waals surface area contributed by atoms with Gasteiger partial charge in [0.2, 0.25) is 0 Å². The summed E-state index contributed by atoms with van der Waals surface area (Å²) in [6.07, 6.45) is 23.4. The SMILES string of the molecule is CCCCCCCCCCCCCCCCC(C)C(C)(Br)CCC[Si](OC)(OC)OC.N. The Morgan fingerprint density at radius 1 is 0.688 bits per heavy atom. The molecule has 0 saturated carbocycles. The zero-order valence-electron chi connectivity index (χ0n) is 22.6. The molecule has 0 bridgehead atoms. The third-order valence-corrected chi connectivity index (χ3v) is 11.1. The minimum absolute atomic E-state index is 0. The highest BCUT2D eigenvalue weighted by Gasteiger charge is 2.38. The van der Waals surface area contributed by atoms with E-state index < -0.39 is 8.80 Å². The topological polar surface area (TPSA) is 62.7 Å². The molecule has 0 spiro atoms. The number of hydrogen-bond acceptors (Lipinski definition) is 4. The van der Waals surface area contributed by atoms with Crippen molar-refractivity contribution in [2.45, 2.75) is 140 Å². The molecule has 0 rings (SSSR count). The van der Waals surface area contributed by atoms with Crippen molar-refractivity contribution in [3.05, 3.63) is 0 Å². The Kier molecular flexibility index (Phi) is 23.9. The van der Waals surface area contributed by atoms with Crippen molar-refractivity contribution in [2.24, 2.45) is 5.92 Å². The predicted octanol–water partition coefficient (Wildman–Crippen LogP) is 9.47. The van der Waals surface area contributed by atoms with Gasteiger partial charge in [0.1, 0.15) is 0 Å². The largest absolute Gasteiger partial charge is 0.500 e. The van der Waals surface area contributed by atoms with Crippen LogP contribution in [0.25, 0.3) is 0 Å². The summed E-state index contributed by atoms with van der Waals surface area (Å²) in [7, 11) is 2.66. The highest BCUT2D eigenvalue weighted by atomic mass is 79.9. The van der Waals surface area contributed by atoms with Crippen LogP contribution in [0.2, 0.25) is 6.04 Å². The fraction of sp³-hybridized carbons (Fsp3) is 1.00. The van der Waals surface area contributed by atoms with Crippen molar-refractivity contribution in [3.63, 3.8) is 0 Å². The van der Waals surface area contributed by atoms with E-state index in [-0.39, 0.29) is 10.5 Å². The first kappa shape index (κ1) is 34.7. The summed E-state index contributed by atoms with van der Waals surface area (Å²) in [5.41, 5.74) is 0. The smallest absolute Gasteiger partial charge is 0.377 e. The highest BCUT2D eigenvalue weighted by Crippen LogP contribution is 2.36. The fourth-order valence-electron chi connectivity index (χ4n) is 4.40. The third kappa shape index (κ3) is 17.0. The van der Waals surface area contributed by atoms with Crippen molar-refractivity contribution in [1.29, 1.82) is 0 Å². The van der Waals surface area contributed by atoms with Crippen LogP contribution in [-0.4, -0.2) is 34.5 Å². The van der Waals surface area contributed by atoms with E-state index in [9.17, 15) is 0 Å². The van der Waals surface area contributed by atoms with Crippen LogP contribution in [-0.2, 0) is 13.3 Å². The summed E-state index contributed by atoms with van der Waals surface area (Å²) >= 11 is 4.02. The Bertz CT molecular complexity index is 387. The predicted molar refractivity (Wildman–Crippen MR) is 147 cm³/mol. The van der Waals surface area contributed by atoms with Crippen LogP contribution in [0.3, 0.4) is 0 Å². The van der Waals surface area contributed by atoms with Crippen molar-refractivity contribution in [1.82, 2.24) is 6.15 Å². The monoisotopic (exact) mass is 539 g/mol. The lowest BCUT2D eigenvalue weighted by Crippen LogP contribution is -2.43. The number of unbranched alkanes of at least 4 members (excludes halogenated alkanes) is 13. The van der Waals surface area contributed by atoms with Gasteiger partial charge in [0.15, 0.2) is 0 Å². The Morgan fingerprint density at radius 3 is 1.44 bits per heavy atom.